The Labute approximate surface area is 95.0 Å². The summed E-state index contributed by atoms with van der Waals surface area (Å²) in [5.74, 6) is 0. The van der Waals surface area contributed by atoms with Gasteiger partial charge in [0.05, 0.1) is 0 Å². The zero-order valence-corrected chi connectivity index (χ0v) is 10.9. The third-order valence-corrected chi connectivity index (χ3v) is 4.43. The van der Waals surface area contributed by atoms with Gasteiger partial charge in [0.25, 0.3) is 0 Å². The highest BCUT2D eigenvalue weighted by molar-refractivity contribution is 5.04. The molecule has 0 heterocycles. The van der Waals surface area contributed by atoms with Gasteiger partial charge in [-0.15, -0.1) is 0 Å². The van der Waals surface area contributed by atoms with E-state index in [0.29, 0.717) is 11.5 Å². The van der Waals surface area contributed by atoms with Crippen LogP contribution < -0.4 is 11.1 Å². The number of hydrogen-bond donors (Lipinski definition) is 2. The van der Waals surface area contributed by atoms with Gasteiger partial charge in [-0.25, -0.2) is 0 Å². The van der Waals surface area contributed by atoms with Crippen molar-refractivity contribution in [3.05, 3.63) is 0 Å². The number of nitrogens with two attached hydrogens (primary N) is 1. The second kappa shape index (κ2) is 4.84. The van der Waals surface area contributed by atoms with Gasteiger partial charge in [0.2, 0.25) is 0 Å². The van der Waals surface area contributed by atoms with Crippen LogP contribution in [0.25, 0.3) is 0 Å². The summed E-state index contributed by atoms with van der Waals surface area (Å²) in [6.45, 7) is 10.0. The van der Waals surface area contributed by atoms with Crippen molar-refractivity contribution in [2.24, 2.45) is 11.1 Å². The molecule has 1 aliphatic rings. The van der Waals surface area contributed by atoms with Gasteiger partial charge in [0, 0.05) is 18.1 Å². The quantitative estimate of drug-likeness (QED) is 0.752. The Bertz CT molecular complexity index is 201. The first-order valence-electron chi connectivity index (χ1n) is 6.45. The van der Waals surface area contributed by atoms with Gasteiger partial charge in [-0.2, -0.15) is 0 Å². The molecule has 1 rings (SSSR count). The van der Waals surface area contributed by atoms with Gasteiger partial charge in [0.1, 0.15) is 0 Å². The molecule has 1 saturated carbocycles. The summed E-state index contributed by atoms with van der Waals surface area (Å²) in [6.07, 6.45) is 6.40. The smallest absolute Gasteiger partial charge is 0.0357 e. The minimum Gasteiger partial charge on any atom is -0.329 e. The molecule has 0 spiro atoms. The molecule has 2 nitrogen and oxygen atoms in total. The Morgan fingerprint density at radius 2 is 1.87 bits per heavy atom. The summed E-state index contributed by atoms with van der Waals surface area (Å²) in [4.78, 5) is 0. The van der Waals surface area contributed by atoms with E-state index in [1.54, 1.807) is 0 Å². The third-order valence-electron chi connectivity index (χ3n) is 4.43. The SMILES string of the molecule is CCC(C)NC1(CN)CCCCC1(C)C. The maximum atomic E-state index is 6.05. The van der Waals surface area contributed by atoms with Crippen LogP contribution >= 0.6 is 0 Å². The maximum Gasteiger partial charge on any atom is 0.0357 e. The van der Waals surface area contributed by atoms with Gasteiger partial charge in [-0.3, -0.25) is 0 Å². The fourth-order valence-electron chi connectivity index (χ4n) is 2.85. The normalized spacial score (nSPS) is 32.6. The highest BCUT2D eigenvalue weighted by Crippen LogP contribution is 2.43. The molecule has 2 heteroatoms. The number of rotatable bonds is 4. The van der Waals surface area contributed by atoms with E-state index in [9.17, 15) is 0 Å². The molecule has 0 bridgehead atoms. The Hall–Kier alpha value is -0.0800. The van der Waals surface area contributed by atoms with Crippen molar-refractivity contribution in [2.75, 3.05) is 6.54 Å². The first-order chi connectivity index (χ1) is 6.97. The molecule has 2 unspecified atom stereocenters. The third kappa shape index (κ3) is 2.54. The topological polar surface area (TPSA) is 38.0 Å². The van der Waals surface area contributed by atoms with Gasteiger partial charge in [-0.05, 0) is 31.6 Å². The largest absolute Gasteiger partial charge is 0.329 e. The Kier molecular flexibility index (Phi) is 4.19. The summed E-state index contributed by atoms with van der Waals surface area (Å²) >= 11 is 0. The molecule has 0 saturated heterocycles. The van der Waals surface area contributed by atoms with E-state index in [4.69, 9.17) is 5.73 Å². The van der Waals surface area contributed by atoms with Crippen LogP contribution in [-0.2, 0) is 0 Å². The summed E-state index contributed by atoms with van der Waals surface area (Å²) < 4.78 is 0. The molecule has 90 valence electrons. The average molecular weight is 212 g/mol. The molecule has 15 heavy (non-hydrogen) atoms. The van der Waals surface area contributed by atoms with Crippen molar-refractivity contribution >= 4 is 0 Å². The zero-order valence-electron chi connectivity index (χ0n) is 10.9. The molecule has 0 radical (unpaired) electrons. The summed E-state index contributed by atoms with van der Waals surface area (Å²) in [7, 11) is 0. The van der Waals surface area contributed by atoms with Crippen molar-refractivity contribution in [3.63, 3.8) is 0 Å². The Morgan fingerprint density at radius 1 is 1.27 bits per heavy atom. The van der Waals surface area contributed by atoms with Gasteiger partial charge >= 0.3 is 0 Å². The predicted molar refractivity (Wildman–Crippen MR) is 66.9 cm³/mol. The molecular weight excluding hydrogens is 184 g/mol. The second-order valence-electron chi connectivity index (χ2n) is 5.83. The number of nitrogens with one attached hydrogen (secondary N) is 1. The number of hydrogen-bond acceptors (Lipinski definition) is 2. The minimum absolute atomic E-state index is 0.167. The zero-order chi connectivity index (χ0) is 11.5. The molecule has 0 amide bonds. The highest BCUT2D eigenvalue weighted by atomic mass is 15.0. The van der Waals surface area contributed by atoms with E-state index in [1.807, 2.05) is 0 Å². The second-order valence-corrected chi connectivity index (χ2v) is 5.83. The Morgan fingerprint density at radius 3 is 2.33 bits per heavy atom. The average Bonchev–Trinajstić information content (AvgIpc) is 2.21. The summed E-state index contributed by atoms with van der Waals surface area (Å²) in [5, 5.41) is 3.80. The van der Waals surface area contributed by atoms with E-state index in [2.05, 4.69) is 33.0 Å². The maximum absolute atomic E-state index is 6.05. The molecule has 1 aliphatic carbocycles. The molecule has 2 atom stereocenters. The molecule has 1 fully saturated rings. The van der Waals surface area contributed by atoms with E-state index >= 15 is 0 Å². The lowest BCUT2D eigenvalue weighted by atomic mass is 9.63. The predicted octanol–water partition coefficient (Wildman–Crippen LogP) is 2.67. The van der Waals surface area contributed by atoms with E-state index < -0.39 is 0 Å². The molecule has 3 N–H and O–H groups in total. The van der Waals surface area contributed by atoms with Crippen LogP contribution in [0, 0.1) is 5.41 Å². The van der Waals surface area contributed by atoms with Crippen LogP contribution in [0.3, 0.4) is 0 Å². The highest BCUT2D eigenvalue weighted by Gasteiger charge is 2.45. The van der Waals surface area contributed by atoms with Crippen LogP contribution in [0.5, 0.6) is 0 Å². The molecule has 0 aromatic rings. The standard InChI is InChI=1S/C13H28N2/c1-5-11(2)15-13(10-14)9-7-6-8-12(13,3)4/h11,15H,5-10,14H2,1-4H3. The lowest BCUT2D eigenvalue weighted by Crippen LogP contribution is -2.64. The van der Waals surface area contributed by atoms with E-state index in [1.165, 1.54) is 32.1 Å². The van der Waals surface area contributed by atoms with Crippen LogP contribution in [0.4, 0.5) is 0 Å². The molecular formula is C13H28N2. The lowest BCUT2D eigenvalue weighted by molar-refractivity contribution is 0.0590. The monoisotopic (exact) mass is 212 g/mol. The van der Waals surface area contributed by atoms with Crippen molar-refractivity contribution < 1.29 is 0 Å². The first kappa shape index (κ1) is 13.0. The molecule has 0 aromatic carbocycles. The van der Waals surface area contributed by atoms with Crippen molar-refractivity contribution in [1.82, 2.24) is 5.32 Å². The van der Waals surface area contributed by atoms with Crippen LogP contribution in [0.15, 0.2) is 0 Å². The van der Waals surface area contributed by atoms with Crippen molar-refractivity contribution in [1.29, 1.82) is 0 Å². The van der Waals surface area contributed by atoms with E-state index in [-0.39, 0.29) is 5.54 Å². The minimum atomic E-state index is 0.167. The van der Waals surface area contributed by atoms with Crippen LogP contribution in [0.2, 0.25) is 0 Å². The van der Waals surface area contributed by atoms with Crippen LogP contribution in [0.1, 0.15) is 59.8 Å². The summed E-state index contributed by atoms with van der Waals surface area (Å²) in [5.41, 5.74) is 6.56. The first-order valence-corrected chi connectivity index (χ1v) is 6.45. The van der Waals surface area contributed by atoms with Gasteiger partial charge in [-0.1, -0.05) is 33.6 Å². The molecule has 0 aromatic heterocycles. The van der Waals surface area contributed by atoms with Gasteiger partial charge < -0.3 is 11.1 Å². The van der Waals surface area contributed by atoms with Crippen LogP contribution in [-0.4, -0.2) is 18.1 Å². The summed E-state index contributed by atoms with van der Waals surface area (Å²) in [6, 6.07) is 0.575. The van der Waals surface area contributed by atoms with E-state index in [0.717, 1.165) is 6.54 Å². The van der Waals surface area contributed by atoms with Gasteiger partial charge in [0.15, 0.2) is 0 Å². The van der Waals surface area contributed by atoms with Crippen molar-refractivity contribution in [3.8, 4) is 0 Å². The Balaban J connectivity index is 2.80. The fraction of sp³-hybridized carbons (Fsp3) is 1.00. The van der Waals surface area contributed by atoms with Crippen molar-refractivity contribution in [2.45, 2.75) is 71.4 Å². The molecule has 0 aliphatic heterocycles. The lowest BCUT2D eigenvalue weighted by Gasteiger charge is -2.51. The fourth-order valence-corrected chi connectivity index (χ4v) is 2.85.